The van der Waals surface area contributed by atoms with Crippen LogP contribution in [0.2, 0.25) is 0 Å². The fourth-order valence-corrected chi connectivity index (χ4v) is 6.44. The molecule has 4 rings (SSSR count). The second-order valence-corrected chi connectivity index (χ2v) is 8.68. The third-order valence-corrected chi connectivity index (χ3v) is 7.67. The van der Waals surface area contributed by atoms with Gasteiger partial charge >= 0.3 is 0 Å². The van der Waals surface area contributed by atoms with E-state index in [2.05, 4.69) is 6.92 Å². The predicted octanol–water partition coefficient (Wildman–Crippen LogP) is 2.03. The molecule has 4 heteroatoms. The van der Waals surface area contributed by atoms with Gasteiger partial charge < -0.3 is 10.2 Å². The maximum atomic E-state index is 12.4. The molecule has 3 saturated carbocycles. The summed E-state index contributed by atoms with van der Waals surface area (Å²) in [5, 5.41) is 21.2. The van der Waals surface area contributed by atoms with Crippen molar-refractivity contribution < 1.29 is 19.8 Å². The number of aliphatic hydroxyl groups excluding tert-OH is 2. The Kier molecular flexibility index (Phi) is 3.21. The second-order valence-electron chi connectivity index (χ2n) is 8.68. The van der Waals surface area contributed by atoms with Gasteiger partial charge in [-0.2, -0.15) is 0 Å². The topological polar surface area (TPSA) is 74.6 Å². The van der Waals surface area contributed by atoms with Crippen LogP contribution in [0.3, 0.4) is 0 Å². The summed E-state index contributed by atoms with van der Waals surface area (Å²) < 4.78 is 0. The van der Waals surface area contributed by atoms with Crippen LogP contribution in [0.1, 0.15) is 52.4 Å². The van der Waals surface area contributed by atoms with Crippen molar-refractivity contribution in [3.8, 4) is 0 Å². The van der Waals surface area contributed by atoms with Crippen LogP contribution in [0.4, 0.5) is 0 Å². The van der Waals surface area contributed by atoms with E-state index in [4.69, 9.17) is 0 Å². The summed E-state index contributed by atoms with van der Waals surface area (Å²) in [5.74, 6) is 0.781. The molecule has 0 aliphatic heterocycles. The summed E-state index contributed by atoms with van der Waals surface area (Å²) in [6, 6.07) is 0. The van der Waals surface area contributed by atoms with Crippen LogP contribution in [0, 0.1) is 28.6 Å². The van der Waals surface area contributed by atoms with Crippen molar-refractivity contribution in [2.45, 2.75) is 64.6 Å². The van der Waals surface area contributed by atoms with E-state index >= 15 is 0 Å². The first-order valence-electron chi connectivity index (χ1n) is 8.92. The van der Waals surface area contributed by atoms with Gasteiger partial charge in [0.05, 0.1) is 12.2 Å². The first-order chi connectivity index (χ1) is 10.8. The Morgan fingerprint density at radius 2 is 1.87 bits per heavy atom. The van der Waals surface area contributed by atoms with E-state index < -0.39 is 17.6 Å². The quantitative estimate of drug-likeness (QED) is 0.717. The minimum Gasteiger partial charge on any atom is -0.392 e. The zero-order valence-electron chi connectivity index (χ0n) is 13.9. The Balaban J connectivity index is 1.77. The second kappa shape index (κ2) is 4.76. The summed E-state index contributed by atoms with van der Waals surface area (Å²) in [5.41, 5.74) is 0.308. The monoisotopic (exact) mass is 318 g/mol. The van der Waals surface area contributed by atoms with Crippen molar-refractivity contribution in [2.24, 2.45) is 28.6 Å². The number of hydrogen-bond donors (Lipinski definition) is 2. The molecule has 0 bridgehead atoms. The van der Waals surface area contributed by atoms with Crippen molar-refractivity contribution in [1.82, 2.24) is 0 Å². The number of hydrogen-bond acceptors (Lipinski definition) is 4. The van der Waals surface area contributed by atoms with Gasteiger partial charge in [0.15, 0.2) is 5.78 Å². The minimum absolute atomic E-state index is 0.0422. The Hall–Kier alpha value is -1.00. The van der Waals surface area contributed by atoms with Gasteiger partial charge in [-0.25, -0.2) is 0 Å². The average molecular weight is 318 g/mol. The van der Waals surface area contributed by atoms with Crippen molar-refractivity contribution >= 4 is 11.6 Å². The van der Waals surface area contributed by atoms with Gasteiger partial charge in [-0.15, -0.1) is 0 Å². The number of aliphatic hydroxyl groups is 2. The highest BCUT2D eigenvalue weighted by Gasteiger charge is 2.63. The number of ketones is 2. The number of carbonyl (C=O) groups excluding carboxylic acids is 2. The summed E-state index contributed by atoms with van der Waals surface area (Å²) in [4.78, 5) is 24.2. The van der Waals surface area contributed by atoms with Crippen molar-refractivity contribution in [3.63, 3.8) is 0 Å². The molecule has 0 aromatic rings. The lowest BCUT2D eigenvalue weighted by molar-refractivity contribution is -0.136. The van der Waals surface area contributed by atoms with Gasteiger partial charge in [0.2, 0.25) is 0 Å². The lowest BCUT2D eigenvalue weighted by Crippen LogP contribution is -2.55. The van der Waals surface area contributed by atoms with Gasteiger partial charge in [0.25, 0.3) is 0 Å². The number of carbonyl (C=O) groups is 2. The molecule has 4 nitrogen and oxygen atoms in total. The average Bonchev–Trinajstić information content (AvgIpc) is 2.71. The molecule has 0 heterocycles. The van der Waals surface area contributed by atoms with E-state index in [1.807, 2.05) is 6.92 Å². The van der Waals surface area contributed by atoms with E-state index in [1.54, 1.807) is 6.08 Å². The molecule has 0 aromatic carbocycles. The smallest absolute Gasteiger partial charge is 0.155 e. The molecule has 4 aliphatic carbocycles. The van der Waals surface area contributed by atoms with Gasteiger partial charge in [-0.05, 0) is 54.6 Å². The maximum Gasteiger partial charge on any atom is 0.155 e. The highest BCUT2D eigenvalue weighted by Crippen LogP contribution is 2.64. The number of Topliss-reactive ketones (excluding diaryl/α,β-unsaturated/α-hetero) is 1. The first kappa shape index (κ1) is 15.5. The molecule has 0 spiro atoms. The van der Waals surface area contributed by atoms with Gasteiger partial charge in [-0.1, -0.05) is 13.8 Å². The number of fused-ring (bicyclic) bond motifs is 5. The lowest BCUT2D eigenvalue weighted by atomic mass is 9.46. The standard InChI is InChI=1S/C19H26O4/c1-18-5-3-10(20)7-13(18)14(21)8-11-12(18)4-6-19(2)16(23)9-15(22)17(11)19/h7,11-12,14-15,17,21-22H,3-6,8-9H2,1-2H3/t11-,12+,14-,15-,17-,18-,19-/m1/s1. The van der Waals surface area contributed by atoms with E-state index in [9.17, 15) is 19.8 Å². The van der Waals surface area contributed by atoms with Crippen LogP contribution in [0.5, 0.6) is 0 Å². The molecule has 0 radical (unpaired) electrons. The Morgan fingerprint density at radius 1 is 1.13 bits per heavy atom. The van der Waals surface area contributed by atoms with Crippen molar-refractivity contribution in [2.75, 3.05) is 0 Å². The summed E-state index contributed by atoms with van der Waals surface area (Å²) >= 11 is 0. The van der Waals surface area contributed by atoms with Crippen molar-refractivity contribution in [1.29, 1.82) is 0 Å². The summed E-state index contributed by atoms with van der Waals surface area (Å²) in [6.45, 7) is 4.19. The molecule has 0 unspecified atom stereocenters. The van der Waals surface area contributed by atoms with Crippen LogP contribution in [-0.4, -0.2) is 34.0 Å². The summed E-state index contributed by atoms with van der Waals surface area (Å²) in [7, 11) is 0. The molecule has 0 aromatic heterocycles. The molecule has 126 valence electrons. The Bertz CT molecular complexity index is 608. The molecule has 0 saturated heterocycles. The fraction of sp³-hybridized carbons (Fsp3) is 0.789. The normalized spacial score (nSPS) is 52.5. The van der Waals surface area contributed by atoms with E-state index in [1.165, 1.54) is 0 Å². The fourth-order valence-electron chi connectivity index (χ4n) is 6.44. The van der Waals surface area contributed by atoms with E-state index in [0.29, 0.717) is 18.8 Å². The van der Waals surface area contributed by atoms with E-state index in [-0.39, 0.29) is 35.2 Å². The van der Waals surface area contributed by atoms with Crippen LogP contribution in [0.25, 0.3) is 0 Å². The first-order valence-corrected chi connectivity index (χ1v) is 8.92. The van der Waals surface area contributed by atoms with Gasteiger partial charge in [-0.3, -0.25) is 9.59 Å². The van der Waals surface area contributed by atoms with Crippen LogP contribution in [0.15, 0.2) is 11.6 Å². The van der Waals surface area contributed by atoms with Gasteiger partial charge in [0.1, 0.15) is 5.78 Å². The maximum absolute atomic E-state index is 12.4. The van der Waals surface area contributed by atoms with Crippen LogP contribution >= 0.6 is 0 Å². The zero-order valence-corrected chi connectivity index (χ0v) is 13.9. The number of rotatable bonds is 0. The highest BCUT2D eigenvalue weighted by molar-refractivity contribution is 5.92. The summed E-state index contributed by atoms with van der Waals surface area (Å²) in [6.07, 6.45) is 4.41. The van der Waals surface area contributed by atoms with Crippen LogP contribution < -0.4 is 0 Å². The third-order valence-electron chi connectivity index (χ3n) is 7.67. The van der Waals surface area contributed by atoms with Crippen molar-refractivity contribution in [3.05, 3.63) is 11.6 Å². The molecule has 4 aliphatic rings. The molecule has 7 atom stereocenters. The van der Waals surface area contributed by atoms with E-state index in [0.717, 1.165) is 24.8 Å². The molecular weight excluding hydrogens is 292 g/mol. The Labute approximate surface area is 137 Å². The van der Waals surface area contributed by atoms with Gasteiger partial charge in [0, 0.05) is 24.2 Å². The molecule has 2 N–H and O–H groups in total. The SMILES string of the molecule is C[C@]12CCC(=O)C=C1[C@H](O)C[C@H]1[C@@H]3[C@H](O)CC(=O)[C@@]3(C)CC[C@@H]12. The molecule has 0 amide bonds. The molecule has 3 fully saturated rings. The largest absolute Gasteiger partial charge is 0.392 e. The predicted molar refractivity (Wildman–Crippen MR) is 84.5 cm³/mol. The Morgan fingerprint density at radius 3 is 2.61 bits per heavy atom. The zero-order chi connectivity index (χ0) is 16.6. The lowest BCUT2D eigenvalue weighted by Gasteiger charge is -2.58. The third kappa shape index (κ3) is 1.91. The highest BCUT2D eigenvalue weighted by atomic mass is 16.3. The van der Waals surface area contributed by atoms with Crippen LogP contribution in [-0.2, 0) is 9.59 Å². The molecule has 23 heavy (non-hydrogen) atoms. The minimum atomic E-state index is -0.615. The molecular formula is C19H26O4.